The average Bonchev–Trinajstić information content (AvgIpc) is 2.85. The van der Waals surface area contributed by atoms with E-state index in [2.05, 4.69) is 15.8 Å². The summed E-state index contributed by atoms with van der Waals surface area (Å²) in [6, 6.07) is 9.15. The molecular formula is C13H13N3OS. The highest BCUT2D eigenvalue weighted by atomic mass is 32.1. The highest BCUT2D eigenvalue weighted by molar-refractivity contribution is 7.08. The Balaban J connectivity index is 1.88. The van der Waals surface area contributed by atoms with Gasteiger partial charge in [0, 0.05) is 11.3 Å². The number of hydrogen-bond acceptors (Lipinski definition) is 3. The molecule has 0 saturated heterocycles. The molecule has 0 spiro atoms. The van der Waals surface area contributed by atoms with Gasteiger partial charge in [-0.1, -0.05) is 18.2 Å². The van der Waals surface area contributed by atoms with E-state index in [4.69, 9.17) is 0 Å². The fourth-order valence-electron chi connectivity index (χ4n) is 1.38. The first kappa shape index (κ1) is 12.3. The predicted molar refractivity (Wildman–Crippen MR) is 75.2 cm³/mol. The Bertz CT molecular complexity index is 549. The van der Waals surface area contributed by atoms with Crippen molar-refractivity contribution in [3.8, 4) is 0 Å². The van der Waals surface area contributed by atoms with Gasteiger partial charge in [0.2, 0.25) is 0 Å². The number of urea groups is 1. The minimum atomic E-state index is -0.351. The number of benzene rings is 1. The number of anilines is 1. The van der Waals surface area contributed by atoms with Crippen molar-refractivity contribution in [3.05, 3.63) is 52.2 Å². The zero-order valence-corrected chi connectivity index (χ0v) is 10.7. The van der Waals surface area contributed by atoms with E-state index in [1.807, 2.05) is 48.0 Å². The number of carbonyl (C=O) groups is 1. The van der Waals surface area contributed by atoms with Gasteiger partial charge < -0.3 is 5.32 Å². The van der Waals surface area contributed by atoms with E-state index in [1.54, 1.807) is 17.6 Å². The van der Waals surface area contributed by atoms with E-state index >= 15 is 0 Å². The van der Waals surface area contributed by atoms with Gasteiger partial charge in [0.1, 0.15) is 0 Å². The number of hydrazone groups is 1. The maximum absolute atomic E-state index is 11.6. The van der Waals surface area contributed by atoms with E-state index < -0.39 is 0 Å². The van der Waals surface area contributed by atoms with Gasteiger partial charge in [0.25, 0.3) is 0 Å². The molecule has 5 heteroatoms. The third kappa shape index (κ3) is 3.43. The first-order valence-electron chi connectivity index (χ1n) is 5.43. The summed E-state index contributed by atoms with van der Waals surface area (Å²) in [4.78, 5) is 11.6. The molecule has 4 nitrogen and oxygen atoms in total. The van der Waals surface area contributed by atoms with Crippen LogP contribution in [0.2, 0.25) is 0 Å². The summed E-state index contributed by atoms with van der Waals surface area (Å²) < 4.78 is 0. The molecule has 0 unspecified atom stereocenters. The normalized spacial score (nSPS) is 10.5. The van der Waals surface area contributed by atoms with Crippen LogP contribution in [-0.4, -0.2) is 12.2 Å². The third-order valence-electron chi connectivity index (χ3n) is 2.32. The van der Waals surface area contributed by atoms with Gasteiger partial charge >= 0.3 is 6.03 Å². The second kappa shape index (κ2) is 5.97. The van der Waals surface area contributed by atoms with Crippen molar-refractivity contribution in [2.75, 3.05) is 5.32 Å². The van der Waals surface area contributed by atoms with Crippen molar-refractivity contribution in [1.82, 2.24) is 5.43 Å². The molecule has 2 aromatic rings. The van der Waals surface area contributed by atoms with Gasteiger partial charge in [-0.05, 0) is 35.4 Å². The Morgan fingerprint density at radius 1 is 1.33 bits per heavy atom. The van der Waals surface area contributed by atoms with E-state index in [1.165, 1.54) is 0 Å². The molecule has 0 aliphatic heterocycles. The smallest absolute Gasteiger partial charge is 0.306 e. The molecule has 18 heavy (non-hydrogen) atoms. The predicted octanol–water partition coefficient (Wildman–Crippen LogP) is 3.21. The lowest BCUT2D eigenvalue weighted by Crippen LogP contribution is -2.24. The van der Waals surface area contributed by atoms with Gasteiger partial charge in [-0.15, -0.1) is 0 Å². The molecule has 2 rings (SSSR count). The first-order chi connectivity index (χ1) is 8.75. The first-order valence-corrected chi connectivity index (χ1v) is 6.38. The number of carbonyl (C=O) groups excluding carboxylic acids is 1. The Labute approximate surface area is 109 Å². The minimum absolute atomic E-state index is 0.351. The molecule has 0 atom stereocenters. The van der Waals surface area contributed by atoms with Gasteiger partial charge in [0.15, 0.2) is 0 Å². The van der Waals surface area contributed by atoms with Crippen LogP contribution < -0.4 is 10.7 Å². The van der Waals surface area contributed by atoms with Crippen LogP contribution >= 0.6 is 11.3 Å². The maximum Gasteiger partial charge on any atom is 0.339 e. The van der Waals surface area contributed by atoms with Crippen LogP contribution in [0.5, 0.6) is 0 Å². The fraction of sp³-hybridized carbons (Fsp3) is 0.0769. The fourth-order valence-corrected chi connectivity index (χ4v) is 1.99. The number of hydrogen-bond donors (Lipinski definition) is 2. The molecule has 0 fully saturated rings. The molecule has 0 aliphatic rings. The number of amides is 2. The SMILES string of the molecule is Cc1ccccc1NC(=O)NN=Cc1ccsc1. The number of thiophene rings is 1. The van der Waals surface area contributed by atoms with Crippen molar-refractivity contribution in [1.29, 1.82) is 0 Å². The summed E-state index contributed by atoms with van der Waals surface area (Å²) in [6.45, 7) is 1.93. The summed E-state index contributed by atoms with van der Waals surface area (Å²) in [7, 11) is 0. The summed E-state index contributed by atoms with van der Waals surface area (Å²) in [5.74, 6) is 0. The van der Waals surface area contributed by atoms with Gasteiger partial charge in [-0.2, -0.15) is 16.4 Å². The van der Waals surface area contributed by atoms with Gasteiger partial charge in [-0.3, -0.25) is 0 Å². The Morgan fingerprint density at radius 3 is 2.89 bits per heavy atom. The topological polar surface area (TPSA) is 53.5 Å². The number of para-hydroxylation sites is 1. The van der Waals surface area contributed by atoms with E-state index in [0.717, 1.165) is 16.8 Å². The van der Waals surface area contributed by atoms with Crippen molar-refractivity contribution in [3.63, 3.8) is 0 Å². The number of rotatable bonds is 3. The molecule has 2 N–H and O–H groups in total. The average molecular weight is 259 g/mol. The zero-order valence-electron chi connectivity index (χ0n) is 9.88. The summed E-state index contributed by atoms with van der Waals surface area (Å²) in [5.41, 5.74) is 5.18. The molecule has 1 heterocycles. The molecule has 92 valence electrons. The number of nitrogens with zero attached hydrogens (tertiary/aromatic N) is 1. The van der Waals surface area contributed by atoms with Crippen molar-refractivity contribution in [2.45, 2.75) is 6.92 Å². The summed E-state index contributed by atoms with van der Waals surface area (Å²) in [5, 5.41) is 10.5. The molecule has 2 amide bonds. The molecule has 0 saturated carbocycles. The lowest BCUT2D eigenvalue weighted by atomic mass is 10.2. The molecule has 1 aromatic carbocycles. The maximum atomic E-state index is 11.6. The van der Waals surface area contributed by atoms with Crippen LogP contribution in [0.4, 0.5) is 10.5 Å². The minimum Gasteiger partial charge on any atom is -0.306 e. The lowest BCUT2D eigenvalue weighted by Gasteiger charge is -2.06. The van der Waals surface area contributed by atoms with Crippen molar-refractivity contribution >= 4 is 29.3 Å². The van der Waals surface area contributed by atoms with Crippen LogP contribution in [0, 0.1) is 6.92 Å². The largest absolute Gasteiger partial charge is 0.339 e. The van der Waals surface area contributed by atoms with Crippen LogP contribution in [0.1, 0.15) is 11.1 Å². The lowest BCUT2D eigenvalue weighted by molar-refractivity contribution is 0.252. The van der Waals surface area contributed by atoms with Crippen LogP contribution in [0.15, 0.2) is 46.2 Å². The number of nitrogens with one attached hydrogen (secondary N) is 2. The third-order valence-corrected chi connectivity index (χ3v) is 3.02. The van der Waals surface area contributed by atoms with E-state index in [9.17, 15) is 4.79 Å². The van der Waals surface area contributed by atoms with Crippen LogP contribution in [0.25, 0.3) is 0 Å². The van der Waals surface area contributed by atoms with E-state index in [-0.39, 0.29) is 6.03 Å². The standard InChI is InChI=1S/C13H13N3OS/c1-10-4-2-3-5-12(10)15-13(17)16-14-8-11-6-7-18-9-11/h2-9H,1H3,(H2,15,16,17). The van der Waals surface area contributed by atoms with E-state index in [0.29, 0.717) is 0 Å². The number of aryl methyl sites for hydroxylation is 1. The molecule has 0 radical (unpaired) electrons. The second-order valence-electron chi connectivity index (χ2n) is 3.70. The highest BCUT2D eigenvalue weighted by Gasteiger charge is 2.01. The van der Waals surface area contributed by atoms with Gasteiger partial charge in [-0.25, -0.2) is 10.2 Å². The quantitative estimate of drug-likeness (QED) is 0.645. The molecular weight excluding hydrogens is 246 g/mol. The van der Waals surface area contributed by atoms with Crippen molar-refractivity contribution < 1.29 is 4.79 Å². The molecule has 0 bridgehead atoms. The second-order valence-corrected chi connectivity index (χ2v) is 4.48. The Morgan fingerprint density at radius 2 is 2.17 bits per heavy atom. The Hall–Kier alpha value is -2.14. The summed E-state index contributed by atoms with van der Waals surface area (Å²) in [6.07, 6.45) is 1.61. The van der Waals surface area contributed by atoms with Crippen LogP contribution in [0.3, 0.4) is 0 Å². The molecule has 1 aromatic heterocycles. The van der Waals surface area contributed by atoms with Crippen molar-refractivity contribution in [2.24, 2.45) is 5.10 Å². The molecule has 0 aliphatic carbocycles. The summed E-state index contributed by atoms with van der Waals surface area (Å²) >= 11 is 1.58. The highest BCUT2D eigenvalue weighted by Crippen LogP contribution is 2.12. The Kier molecular flexibility index (Phi) is 4.09. The van der Waals surface area contributed by atoms with Gasteiger partial charge in [0.05, 0.1) is 6.21 Å². The van der Waals surface area contributed by atoms with Crippen LogP contribution in [-0.2, 0) is 0 Å². The zero-order chi connectivity index (χ0) is 12.8. The monoisotopic (exact) mass is 259 g/mol.